The van der Waals surface area contributed by atoms with Crippen molar-refractivity contribution < 1.29 is 24.0 Å². The van der Waals surface area contributed by atoms with Gasteiger partial charge in [-0.2, -0.15) is 0 Å². The van der Waals surface area contributed by atoms with Crippen molar-refractivity contribution in [2.45, 2.75) is 6.61 Å². The number of hydrogen-bond donors (Lipinski definition) is 2. The smallest absolute Gasteiger partial charge is 0.331 e. The van der Waals surface area contributed by atoms with E-state index in [1.165, 1.54) is 24.3 Å². The molecule has 4 rings (SSSR count). The van der Waals surface area contributed by atoms with E-state index in [1.807, 2.05) is 18.2 Å². The molecule has 4 aromatic rings. The molecule has 0 atom stereocenters. The number of H-pyrrole nitrogens is 1. The number of aromatic amines is 1. The minimum absolute atomic E-state index is 0.0595. The Balaban J connectivity index is 1.50. The highest BCUT2D eigenvalue weighted by molar-refractivity contribution is 5.96. The number of non-ortho nitro benzene ring substituents is 1. The summed E-state index contributed by atoms with van der Waals surface area (Å²) in [5.74, 6) is -0.123. The van der Waals surface area contributed by atoms with E-state index in [0.717, 1.165) is 0 Å². The van der Waals surface area contributed by atoms with Gasteiger partial charge in [-0.25, -0.2) is 0 Å². The van der Waals surface area contributed by atoms with Gasteiger partial charge < -0.3 is 19.2 Å². The van der Waals surface area contributed by atoms with Gasteiger partial charge in [-0.05, 0) is 30.3 Å². The van der Waals surface area contributed by atoms with Crippen molar-refractivity contribution in [3.8, 4) is 11.6 Å². The van der Waals surface area contributed by atoms with Gasteiger partial charge in [0.25, 0.3) is 5.69 Å². The zero-order valence-corrected chi connectivity index (χ0v) is 15.3. The minimum Gasteiger partial charge on any atom is -0.493 e. The number of nitrogens with zero attached hydrogens (tertiary/aromatic N) is 3. The van der Waals surface area contributed by atoms with E-state index in [2.05, 4.69) is 15.2 Å². The lowest BCUT2D eigenvalue weighted by Gasteiger charge is -2.02. The Hall–Kier alpha value is -4.47. The van der Waals surface area contributed by atoms with Crippen LogP contribution in [0.4, 0.5) is 11.4 Å². The van der Waals surface area contributed by atoms with Crippen LogP contribution in [0, 0.1) is 10.1 Å². The summed E-state index contributed by atoms with van der Waals surface area (Å²) in [6, 6.07) is 16.1. The van der Waals surface area contributed by atoms with Crippen LogP contribution < -0.4 is 4.74 Å². The molecule has 2 heterocycles. The molecule has 0 aliphatic carbocycles. The lowest BCUT2D eigenvalue weighted by molar-refractivity contribution is -0.384. The Morgan fingerprint density at radius 3 is 2.73 bits per heavy atom. The van der Waals surface area contributed by atoms with Crippen LogP contribution in [0.15, 0.2) is 75.3 Å². The average molecular weight is 406 g/mol. The molecule has 10 heteroatoms. The molecule has 150 valence electrons. The van der Waals surface area contributed by atoms with E-state index in [4.69, 9.17) is 9.15 Å². The van der Waals surface area contributed by atoms with Gasteiger partial charge in [0.05, 0.1) is 10.4 Å². The Kier molecular flexibility index (Phi) is 4.95. The fraction of sp³-hybridized carbons (Fsp3) is 0.0500. The van der Waals surface area contributed by atoms with Crippen molar-refractivity contribution >= 4 is 28.2 Å². The molecule has 0 spiro atoms. The summed E-state index contributed by atoms with van der Waals surface area (Å²) < 4.78 is 11.0. The Morgan fingerprint density at radius 2 is 1.97 bits per heavy atom. The third-order valence-corrected chi connectivity index (χ3v) is 4.18. The molecule has 0 unspecified atom stereocenters. The van der Waals surface area contributed by atoms with E-state index in [9.17, 15) is 20.0 Å². The summed E-state index contributed by atoms with van der Waals surface area (Å²) in [7, 11) is 0. The number of ether oxygens (including phenoxy) is 1. The topological polar surface area (TPSA) is 143 Å². The first kappa shape index (κ1) is 18.9. The first-order chi connectivity index (χ1) is 14.5. The van der Waals surface area contributed by atoms with Crippen molar-refractivity contribution in [3.63, 3.8) is 0 Å². The molecule has 1 amide bonds. The highest BCUT2D eigenvalue weighted by Gasteiger charge is 2.16. The number of carbonyl (C=O) groups is 1. The molecule has 2 aromatic heterocycles. The lowest BCUT2D eigenvalue weighted by Crippen LogP contribution is -1.94. The molecule has 30 heavy (non-hydrogen) atoms. The van der Waals surface area contributed by atoms with Crippen molar-refractivity contribution in [1.82, 2.24) is 4.98 Å². The van der Waals surface area contributed by atoms with E-state index in [1.54, 1.807) is 18.2 Å². The molecule has 0 aliphatic rings. The van der Waals surface area contributed by atoms with Crippen molar-refractivity contribution in [2.75, 3.05) is 0 Å². The van der Waals surface area contributed by atoms with Gasteiger partial charge in [0.15, 0.2) is 11.4 Å². The lowest BCUT2D eigenvalue weighted by atomic mass is 10.2. The Bertz CT molecular complexity index is 1260. The van der Waals surface area contributed by atoms with Gasteiger partial charge in [-0.15, -0.1) is 10.2 Å². The summed E-state index contributed by atoms with van der Waals surface area (Å²) in [5, 5.41) is 28.5. The third kappa shape index (κ3) is 3.87. The standard InChI is InChI=1S/C20H14N4O6/c25-19(17-9-7-14(30-17)11-29-13-4-2-1-3-5-13)23-22-18-15-10-12(24(27)28)6-8-16(15)21-20(18)26/h1-10,21,26H,11H2. The van der Waals surface area contributed by atoms with Gasteiger partial charge >= 0.3 is 5.91 Å². The van der Waals surface area contributed by atoms with E-state index >= 15 is 0 Å². The molecule has 2 aromatic carbocycles. The fourth-order valence-electron chi connectivity index (χ4n) is 2.75. The second kappa shape index (κ2) is 7.87. The number of benzene rings is 2. The molecule has 10 nitrogen and oxygen atoms in total. The van der Waals surface area contributed by atoms with Gasteiger partial charge in [0, 0.05) is 17.5 Å². The average Bonchev–Trinajstić information content (AvgIpc) is 3.34. The largest absolute Gasteiger partial charge is 0.493 e. The molecule has 0 bridgehead atoms. The summed E-state index contributed by atoms with van der Waals surface area (Å²) in [4.78, 5) is 25.3. The number of hydrogen-bond acceptors (Lipinski definition) is 7. The second-order valence-corrected chi connectivity index (χ2v) is 6.18. The van der Waals surface area contributed by atoms with Gasteiger partial charge in [-0.3, -0.25) is 14.9 Å². The number of aromatic hydroxyl groups is 1. The number of rotatable bonds is 6. The molecule has 0 aliphatic heterocycles. The Labute approximate surface area is 168 Å². The highest BCUT2D eigenvalue weighted by Crippen LogP contribution is 2.37. The number of nitro groups is 1. The van der Waals surface area contributed by atoms with Crippen LogP contribution in [-0.4, -0.2) is 20.9 Å². The number of azo groups is 1. The highest BCUT2D eigenvalue weighted by atomic mass is 16.6. The molecule has 0 saturated carbocycles. The molecule has 0 fully saturated rings. The monoisotopic (exact) mass is 406 g/mol. The minimum atomic E-state index is -0.778. The van der Waals surface area contributed by atoms with Crippen molar-refractivity contribution in [3.05, 3.63) is 82.3 Å². The van der Waals surface area contributed by atoms with Gasteiger partial charge in [0.1, 0.15) is 18.1 Å². The number of nitro benzene ring substituents is 1. The number of fused-ring (bicyclic) bond motifs is 1. The fourth-order valence-corrected chi connectivity index (χ4v) is 2.75. The maximum Gasteiger partial charge on any atom is 0.331 e. The summed E-state index contributed by atoms with van der Waals surface area (Å²) in [6.45, 7) is 0.126. The maximum absolute atomic E-state index is 12.3. The van der Waals surface area contributed by atoms with E-state index < -0.39 is 10.8 Å². The molecule has 0 radical (unpaired) electrons. The number of carbonyl (C=O) groups excluding carboxylic acids is 1. The SMILES string of the molecule is O=C(N=Nc1c(O)[nH]c2ccc([N+](=O)[O-])cc12)c1ccc(COc2ccccc2)o1. The number of aromatic nitrogens is 1. The van der Waals surface area contributed by atoms with Crippen molar-refractivity contribution in [2.24, 2.45) is 10.2 Å². The van der Waals surface area contributed by atoms with Crippen LogP contribution in [0.3, 0.4) is 0 Å². The van der Waals surface area contributed by atoms with Crippen LogP contribution in [-0.2, 0) is 6.61 Å². The maximum atomic E-state index is 12.3. The number of nitrogens with one attached hydrogen (secondary N) is 1. The van der Waals surface area contributed by atoms with E-state index in [0.29, 0.717) is 17.0 Å². The number of para-hydroxylation sites is 1. The zero-order chi connectivity index (χ0) is 21.1. The van der Waals surface area contributed by atoms with Crippen LogP contribution >= 0.6 is 0 Å². The zero-order valence-electron chi connectivity index (χ0n) is 15.3. The molecule has 2 N–H and O–H groups in total. The third-order valence-electron chi connectivity index (χ3n) is 4.18. The summed E-state index contributed by atoms with van der Waals surface area (Å²) >= 11 is 0. The second-order valence-electron chi connectivity index (χ2n) is 6.18. The van der Waals surface area contributed by atoms with Crippen LogP contribution in [0.5, 0.6) is 11.6 Å². The first-order valence-corrected chi connectivity index (χ1v) is 8.73. The summed E-state index contributed by atoms with van der Waals surface area (Å²) in [6.07, 6.45) is 0. The normalized spacial score (nSPS) is 11.2. The summed E-state index contributed by atoms with van der Waals surface area (Å²) in [5.41, 5.74) is 0.150. The van der Waals surface area contributed by atoms with Crippen LogP contribution in [0.25, 0.3) is 10.9 Å². The van der Waals surface area contributed by atoms with Gasteiger partial charge in [0.2, 0.25) is 5.88 Å². The quantitative estimate of drug-likeness (QED) is 0.265. The van der Waals surface area contributed by atoms with Gasteiger partial charge in [-0.1, -0.05) is 18.2 Å². The van der Waals surface area contributed by atoms with Crippen molar-refractivity contribution in [1.29, 1.82) is 0 Å². The van der Waals surface area contributed by atoms with Crippen LogP contribution in [0.2, 0.25) is 0 Å². The predicted octanol–water partition coefficient (Wildman–Crippen LogP) is 4.88. The van der Waals surface area contributed by atoms with Crippen LogP contribution in [0.1, 0.15) is 16.3 Å². The molecular weight excluding hydrogens is 392 g/mol. The molecule has 0 saturated heterocycles. The Morgan fingerprint density at radius 1 is 1.17 bits per heavy atom. The molecular formula is C20H14N4O6. The first-order valence-electron chi connectivity index (χ1n) is 8.73. The number of amides is 1. The van der Waals surface area contributed by atoms with E-state index in [-0.39, 0.29) is 35.0 Å². The predicted molar refractivity (Wildman–Crippen MR) is 105 cm³/mol. The number of furan rings is 1.